The molecule has 0 N–H and O–H groups in total. The third kappa shape index (κ3) is 3.65. The van der Waals surface area contributed by atoms with Crippen LogP contribution in [-0.4, -0.2) is 53.1 Å². The lowest BCUT2D eigenvalue weighted by Crippen LogP contribution is -2.43. The minimum absolute atomic E-state index is 0.0141. The molecule has 27 heavy (non-hydrogen) atoms. The number of aryl methyl sites for hydroxylation is 1. The molecule has 8 nitrogen and oxygen atoms in total. The van der Waals surface area contributed by atoms with E-state index in [1.807, 2.05) is 29.2 Å². The largest absolute Gasteiger partial charge is 0.482 e. The first-order valence-corrected chi connectivity index (χ1v) is 9.22. The molecule has 0 radical (unpaired) electrons. The first kappa shape index (κ1) is 17.5. The van der Waals surface area contributed by atoms with Crippen LogP contribution >= 0.6 is 0 Å². The summed E-state index contributed by atoms with van der Waals surface area (Å²) in [5.41, 5.74) is 0.729. The molecule has 0 spiro atoms. The summed E-state index contributed by atoms with van der Waals surface area (Å²) in [6.07, 6.45) is 1.92. The zero-order valence-corrected chi connectivity index (χ0v) is 15.3. The number of likely N-dealkylation sites (tertiary alicyclic amines) is 1. The van der Waals surface area contributed by atoms with Gasteiger partial charge in [0, 0.05) is 32.0 Å². The Morgan fingerprint density at radius 2 is 2.04 bits per heavy atom. The number of aromatic nitrogens is 2. The molecule has 0 unspecified atom stereocenters. The number of rotatable bonds is 4. The summed E-state index contributed by atoms with van der Waals surface area (Å²) >= 11 is 0. The number of amides is 2. The number of fused-ring (bicyclic) bond motifs is 1. The summed E-state index contributed by atoms with van der Waals surface area (Å²) in [4.78, 5) is 32.6. The maximum atomic E-state index is 12.6. The average molecular weight is 370 g/mol. The number of carbonyl (C=O) groups excluding carboxylic acids is 2. The summed E-state index contributed by atoms with van der Waals surface area (Å²) in [6, 6.07) is 7.40. The zero-order valence-electron chi connectivity index (χ0n) is 15.3. The Kier molecular flexibility index (Phi) is 4.79. The van der Waals surface area contributed by atoms with Gasteiger partial charge in [-0.1, -0.05) is 17.3 Å². The summed E-state index contributed by atoms with van der Waals surface area (Å²) in [5.74, 6) is 2.14. The first-order valence-electron chi connectivity index (χ1n) is 9.22. The van der Waals surface area contributed by atoms with Gasteiger partial charge in [0.15, 0.2) is 12.4 Å². The molecular weight excluding hydrogens is 348 g/mol. The fourth-order valence-corrected chi connectivity index (χ4v) is 3.62. The first-order chi connectivity index (χ1) is 13.1. The van der Waals surface area contributed by atoms with Crippen molar-refractivity contribution in [1.29, 1.82) is 0 Å². The van der Waals surface area contributed by atoms with E-state index in [-0.39, 0.29) is 24.3 Å². The third-order valence-corrected chi connectivity index (χ3v) is 5.10. The summed E-state index contributed by atoms with van der Waals surface area (Å²) in [6.45, 7) is 3.51. The number of ether oxygens (including phenoxy) is 1. The second-order valence-corrected chi connectivity index (χ2v) is 6.89. The monoisotopic (exact) mass is 370 g/mol. The van der Waals surface area contributed by atoms with Crippen LogP contribution in [0.5, 0.6) is 5.75 Å². The van der Waals surface area contributed by atoms with Gasteiger partial charge in [-0.25, -0.2) is 0 Å². The molecule has 2 aliphatic heterocycles. The van der Waals surface area contributed by atoms with Gasteiger partial charge in [-0.2, -0.15) is 4.98 Å². The molecule has 4 rings (SSSR count). The SMILES string of the molecule is Cc1noc(C2CCN(C(=O)CCN3C(=O)COc4ccccc43)CC2)n1. The molecule has 142 valence electrons. The van der Waals surface area contributed by atoms with Crippen molar-refractivity contribution in [2.24, 2.45) is 0 Å². The van der Waals surface area contributed by atoms with Gasteiger partial charge >= 0.3 is 0 Å². The molecule has 2 aromatic rings. The highest BCUT2D eigenvalue weighted by Gasteiger charge is 2.29. The van der Waals surface area contributed by atoms with Crippen molar-refractivity contribution in [2.75, 3.05) is 31.1 Å². The predicted octanol–water partition coefficient (Wildman–Crippen LogP) is 1.90. The Hall–Kier alpha value is -2.90. The summed E-state index contributed by atoms with van der Waals surface area (Å²) in [5, 5.41) is 3.84. The predicted molar refractivity (Wildman–Crippen MR) is 96.5 cm³/mol. The number of hydrogen-bond acceptors (Lipinski definition) is 6. The number of benzene rings is 1. The Morgan fingerprint density at radius 1 is 1.26 bits per heavy atom. The van der Waals surface area contributed by atoms with Gasteiger partial charge in [0.25, 0.3) is 5.91 Å². The topological polar surface area (TPSA) is 88.8 Å². The number of anilines is 1. The third-order valence-electron chi connectivity index (χ3n) is 5.10. The highest BCUT2D eigenvalue weighted by atomic mass is 16.5. The van der Waals surface area contributed by atoms with Crippen molar-refractivity contribution in [3.63, 3.8) is 0 Å². The van der Waals surface area contributed by atoms with E-state index >= 15 is 0 Å². The van der Waals surface area contributed by atoms with Crippen LogP contribution in [0.25, 0.3) is 0 Å². The number of para-hydroxylation sites is 2. The lowest BCUT2D eigenvalue weighted by atomic mass is 9.96. The Morgan fingerprint density at radius 3 is 2.78 bits per heavy atom. The Labute approximate surface area is 157 Å². The molecule has 1 aromatic heterocycles. The fourth-order valence-electron chi connectivity index (χ4n) is 3.62. The van der Waals surface area contributed by atoms with Gasteiger partial charge in [-0.3, -0.25) is 9.59 Å². The van der Waals surface area contributed by atoms with Crippen LogP contribution in [0.4, 0.5) is 5.69 Å². The molecule has 1 fully saturated rings. The fraction of sp³-hybridized carbons (Fsp3) is 0.474. The van der Waals surface area contributed by atoms with Crippen LogP contribution in [0.1, 0.15) is 36.9 Å². The lowest BCUT2D eigenvalue weighted by Gasteiger charge is -2.32. The van der Waals surface area contributed by atoms with Gasteiger partial charge < -0.3 is 19.1 Å². The number of piperidine rings is 1. The van der Waals surface area contributed by atoms with Crippen LogP contribution in [0.3, 0.4) is 0 Å². The molecule has 0 atom stereocenters. The molecule has 0 bridgehead atoms. The molecule has 3 heterocycles. The highest BCUT2D eigenvalue weighted by Crippen LogP contribution is 2.32. The van der Waals surface area contributed by atoms with Gasteiger partial charge in [-0.05, 0) is 31.9 Å². The van der Waals surface area contributed by atoms with E-state index in [2.05, 4.69) is 10.1 Å². The molecular formula is C19H22N4O4. The van der Waals surface area contributed by atoms with E-state index in [1.54, 1.807) is 11.8 Å². The van der Waals surface area contributed by atoms with Crippen molar-refractivity contribution in [3.8, 4) is 5.75 Å². The highest BCUT2D eigenvalue weighted by molar-refractivity contribution is 5.98. The van der Waals surface area contributed by atoms with E-state index in [1.165, 1.54) is 0 Å². The van der Waals surface area contributed by atoms with E-state index in [0.29, 0.717) is 43.5 Å². The van der Waals surface area contributed by atoms with Crippen molar-refractivity contribution in [1.82, 2.24) is 15.0 Å². The van der Waals surface area contributed by atoms with Crippen LogP contribution in [0.2, 0.25) is 0 Å². The molecule has 2 aliphatic rings. The molecule has 1 aromatic carbocycles. The maximum absolute atomic E-state index is 12.6. The quantitative estimate of drug-likeness (QED) is 0.817. The Bertz CT molecular complexity index is 842. The van der Waals surface area contributed by atoms with Gasteiger partial charge in [0.2, 0.25) is 11.8 Å². The Balaban J connectivity index is 1.32. The van der Waals surface area contributed by atoms with Gasteiger partial charge in [0.05, 0.1) is 5.69 Å². The van der Waals surface area contributed by atoms with E-state index in [0.717, 1.165) is 18.5 Å². The second kappa shape index (κ2) is 7.38. The maximum Gasteiger partial charge on any atom is 0.265 e. The summed E-state index contributed by atoms with van der Waals surface area (Å²) < 4.78 is 10.7. The molecule has 0 saturated carbocycles. The van der Waals surface area contributed by atoms with Crippen molar-refractivity contribution in [3.05, 3.63) is 36.0 Å². The average Bonchev–Trinajstić information content (AvgIpc) is 3.13. The van der Waals surface area contributed by atoms with Crippen LogP contribution in [0.15, 0.2) is 28.8 Å². The second-order valence-electron chi connectivity index (χ2n) is 6.89. The van der Waals surface area contributed by atoms with Crippen LogP contribution in [-0.2, 0) is 9.59 Å². The van der Waals surface area contributed by atoms with E-state index < -0.39 is 0 Å². The normalized spacial score (nSPS) is 17.6. The van der Waals surface area contributed by atoms with E-state index in [9.17, 15) is 9.59 Å². The van der Waals surface area contributed by atoms with E-state index in [4.69, 9.17) is 9.26 Å². The standard InChI is InChI=1S/C19H22N4O4/c1-13-20-19(27-21-13)14-6-9-22(10-7-14)17(24)8-11-23-15-4-2-3-5-16(15)26-12-18(23)25/h2-5,14H,6-12H2,1H3. The van der Waals surface area contributed by atoms with Crippen molar-refractivity contribution in [2.45, 2.75) is 32.1 Å². The van der Waals surface area contributed by atoms with Crippen molar-refractivity contribution < 1.29 is 18.8 Å². The smallest absolute Gasteiger partial charge is 0.265 e. The molecule has 1 saturated heterocycles. The minimum Gasteiger partial charge on any atom is -0.482 e. The van der Waals surface area contributed by atoms with Gasteiger partial charge in [-0.15, -0.1) is 0 Å². The number of hydrogen-bond donors (Lipinski definition) is 0. The molecule has 8 heteroatoms. The minimum atomic E-state index is -0.119. The molecule has 0 aliphatic carbocycles. The van der Waals surface area contributed by atoms with Gasteiger partial charge in [0.1, 0.15) is 5.75 Å². The van der Waals surface area contributed by atoms with Crippen molar-refractivity contribution >= 4 is 17.5 Å². The zero-order chi connectivity index (χ0) is 18.8. The summed E-state index contributed by atoms with van der Waals surface area (Å²) in [7, 11) is 0. The van der Waals surface area contributed by atoms with Crippen LogP contribution in [0, 0.1) is 6.92 Å². The number of nitrogens with zero attached hydrogens (tertiary/aromatic N) is 4. The lowest BCUT2D eigenvalue weighted by molar-refractivity contribution is -0.132. The number of carbonyl (C=O) groups is 2. The van der Waals surface area contributed by atoms with Crippen LogP contribution < -0.4 is 9.64 Å². The molecule has 2 amide bonds.